The van der Waals surface area contributed by atoms with Crippen molar-refractivity contribution in [3.63, 3.8) is 0 Å². The first-order valence-corrected chi connectivity index (χ1v) is 7.52. The van der Waals surface area contributed by atoms with Crippen molar-refractivity contribution in [1.82, 2.24) is 0 Å². The highest BCUT2D eigenvalue weighted by molar-refractivity contribution is 5.09. The Balaban J connectivity index is 1.98. The third-order valence-electron chi connectivity index (χ3n) is 6.58. The Hall–Kier alpha value is -0.0400. The highest BCUT2D eigenvalue weighted by atomic mass is 16.5. The van der Waals surface area contributed by atoms with E-state index in [2.05, 4.69) is 27.7 Å². The topological polar surface area (TPSA) is 9.23 Å². The van der Waals surface area contributed by atoms with Crippen LogP contribution in [0.25, 0.3) is 0 Å². The Morgan fingerprint density at radius 1 is 0.882 bits per heavy atom. The maximum absolute atomic E-state index is 6.13. The van der Waals surface area contributed by atoms with E-state index < -0.39 is 0 Å². The molecule has 2 aliphatic carbocycles. The predicted molar refractivity (Wildman–Crippen MR) is 70.9 cm³/mol. The number of rotatable bonds is 0. The summed E-state index contributed by atoms with van der Waals surface area (Å²) in [5.74, 6) is 1.73. The summed E-state index contributed by atoms with van der Waals surface area (Å²) >= 11 is 0. The second kappa shape index (κ2) is 3.50. The van der Waals surface area contributed by atoms with E-state index in [1.54, 1.807) is 0 Å². The molecule has 0 aromatic carbocycles. The molecule has 0 amide bonds. The molecule has 3 aliphatic rings. The van der Waals surface area contributed by atoms with Gasteiger partial charge in [0.05, 0.1) is 5.60 Å². The van der Waals surface area contributed by atoms with Gasteiger partial charge in [0, 0.05) is 6.61 Å². The molecule has 2 unspecified atom stereocenters. The van der Waals surface area contributed by atoms with E-state index in [-0.39, 0.29) is 5.60 Å². The predicted octanol–water partition coefficient (Wildman–Crippen LogP) is 4.41. The van der Waals surface area contributed by atoms with E-state index in [9.17, 15) is 0 Å². The summed E-state index contributed by atoms with van der Waals surface area (Å²) in [7, 11) is 0. The first kappa shape index (κ1) is 12.0. The largest absolute Gasteiger partial charge is 0.375 e. The van der Waals surface area contributed by atoms with E-state index in [1.165, 1.54) is 38.5 Å². The zero-order chi connectivity index (χ0) is 12.3. The molecule has 4 atom stereocenters. The number of hydrogen-bond acceptors (Lipinski definition) is 1. The first-order valence-electron chi connectivity index (χ1n) is 7.52. The summed E-state index contributed by atoms with van der Waals surface area (Å²) in [6.45, 7) is 11.0. The number of ether oxygens (including phenoxy) is 1. The van der Waals surface area contributed by atoms with Crippen LogP contribution in [0.2, 0.25) is 0 Å². The van der Waals surface area contributed by atoms with Crippen molar-refractivity contribution in [3.8, 4) is 0 Å². The Labute approximate surface area is 106 Å². The fourth-order valence-corrected chi connectivity index (χ4v) is 5.82. The van der Waals surface area contributed by atoms with Gasteiger partial charge in [-0.05, 0) is 61.7 Å². The van der Waals surface area contributed by atoms with Gasteiger partial charge in [-0.1, -0.05) is 27.2 Å². The maximum Gasteiger partial charge on any atom is 0.0688 e. The fraction of sp³-hybridized carbons (Fsp3) is 1.00. The Bertz CT molecular complexity index is 317. The molecule has 1 aliphatic heterocycles. The maximum atomic E-state index is 6.13. The van der Waals surface area contributed by atoms with Gasteiger partial charge in [0.1, 0.15) is 0 Å². The molecular formula is C16H28O. The Kier molecular flexibility index (Phi) is 2.47. The van der Waals surface area contributed by atoms with Gasteiger partial charge in [-0.2, -0.15) is 0 Å². The van der Waals surface area contributed by atoms with Crippen molar-refractivity contribution in [3.05, 3.63) is 0 Å². The molecule has 0 aromatic rings. The zero-order valence-corrected chi connectivity index (χ0v) is 12.0. The van der Waals surface area contributed by atoms with Crippen LogP contribution in [-0.2, 0) is 4.74 Å². The lowest BCUT2D eigenvalue weighted by molar-refractivity contribution is -0.147. The van der Waals surface area contributed by atoms with E-state index in [4.69, 9.17) is 4.74 Å². The van der Waals surface area contributed by atoms with E-state index in [0.29, 0.717) is 10.8 Å². The average molecular weight is 236 g/mol. The van der Waals surface area contributed by atoms with E-state index in [1.807, 2.05) is 0 Å². The van der Waals surface area contributed by atoms with Crippen molar-refractivity contribution in [2.45, 2.75) is 71.8 Å². The molecule has 98 valence electrons. The van der Waals surface area contributed by atoms with Gasteiger partial charge < -0.3 is 4.74 Å². The minimum atomic E-state index is 0.207. The molecular weight excluding hydrogens is 208 g/mol. The lowest BCUT2D eigenvalue weighted by Gasteiger charge is -2.60. The van der Waals surface area contributed by atoms with Crippen LogP contribution in [0.15, 0.2) is 0 Å². The van der Waals surface area contributed by atoms with Gasteiger partial charge in [0.15, 0.2) is 0 Å². The smallest absolute Gasteiger partial charge is 0.0688 e. The van der Waals surface area contributed by atoms with Crippen molar-refractivity contribution in [2.75, 3.05) is 6.61 Å². The summed E-state index contributed by atoms with van der Waals surface area (Å²) < 4.78 is 6.13. The molecule has 3 fully saturated rings. The molecule has 1 saturated heterocycles. The average Bonchev–Trinajstić information content (AvgIpc) is 2.60. The lowest BCUT2D eigenvalue weighted by Crippen LogP contribution is -2.55. The van der Waals surface area contributed by atoms with E-state index >= 15 is 0 Å². The van der Waals surface area contributed by atoms with Crippen molar-refractivity contribution in [1.29, 1.82) is 0 Å². The normalized spacial score (nSPS) is 52.9. The molecule has 1 nitrogen and oxygen atoms in total. The zero-order valence-electron chi connectivity index (χ0n) is 12.0. The van der Waals surface area contributed by atoms with Crippen LogP contribution < -0.4 is 0 Å². The standard InChI is InChI=1S/C16H28O/c1-14(2)8-5-9-15(3)12(14)6-10-16(4)13(15)7-11-17-16/h12-13H,5-11H2,1-4H3/t12-,13?,15?,16+/m0/s1. The van der Waals surface area contributed by atoms with Crippen LogP contribution in [0.4, 0.5) is 0 Å². The monoisotopic (exact) mass is 236 g/mol. The highest BCUT2D eigenvalue weighted by Gasteiger charge is 2.60. The van der Waals surface area contributed by atoms with Crippen molar-refractivity contribution < 1.29 is 4.74 Å². The van der Waals surface area contributed by atoms with Gasteiger partial charge in [-0.25, -0.2) is 0 Å². The molecule has 0 N–H and O–H groups in total. The molecule has 0 bridgehead atoms. The molecule has 0 radical (unpaired) electrons. The highest BCUT2D eigenvalue weighted by Crippen LogP contribution is 2.64. The van der Waals surface area contributed by atoms with Crippen LogP contribution in [0.5, 0.6) is 0 Å². The summed E-state index contributed by atoms with van der Waals surface area (Å²) in [6, 6.07) is 0. The summed E-state index contributed by atoms with van der Waals surface area (Å²) in [5, 5.41) is 0. The first-order chi connectivity index (χ1) is 7.89. The third kappa shape index (κ3) is 1.54. The second-order valence-electron chi connectivity index (χ2n) is 7.94. The fourth-order valence-electron chi connectivity index (χ4n) is 5.82. The van der Waals surface area contributed by atoms with Gasteiger partial charge in [0.2, 0.25) is 0 Å². The minimum Gasteiger partial charge on any atom is -0.375 e. The van der Waals surface area contributed by atoms with Crippen LogP contribution in [0, 0.1) is 22.7 Å². The van der Waals surface area contributed by atoms with Crippen molar-refractivity contribution >= 4 is 0 Å². The molecule has 3 rings (SSSR count). The van der Waals surface area contributed by atoms with E-state index in [0.717, 1.165) is 18.4 Å². The number of fused-ring (bicyclic) bond motifs is 3. The molecule has 17 heavy (non-hydrogen) atoms. The van der Waals surface area contributed by atoms with Crippen LogP contribution in [0.3, 0.4) is 0 Å². The second-order valence-corrected chi connectivity index (χ2v) is 7.94. The SMILES string of the molecule is CC1(C)CCCC2(C)C3CCO[C@]3(C)CC[C@@H]12. The van der Waals surface area contributed by atoms with Gasteiger partial charge in [-0.15, -0.1) is 0 Å². The lowest BCUT2D eigenvalue weighted by atomic mass is 9.46. The van der Waals surface area contributed by atoms with Crippen LogP contribution in [-0.4, -0.2) is 12.2 Å². The molecule has 0 spiro atoms. The van der Waals surface area contributed by atoms with Gasteiger partial charge in [-0.3, -0.25) is 0 Å². The van der Waals surface area contributed by atoms with Crippen molar-refractivity contribution in [2.24, 2.45) is 22.7 Å². The summed E-state index contributed by atoms with van der Waals surface area (Å²) in [4.78, 5) is 0. The molecule has 1 heterocycles. The minimum absolute atomic E-state index is 0.207. The van der Waals surface area contributed by atoms with Gasteiger partial charge >= 0.3 is 0 Å². The quantitative estimate of drug-likeness (QED) is 0.605. The van der Waals surface area contributed by atoms with Gasteiger partial charge in [0.25, 0.3) is 0 Å². The molecule has 2 saturated carbocycles. The summed E-state index contributed by atoms with van der Waals surface area (Å²) in [5.41, 5.74) is 1.31. The van der Waals surface area contributed by atoms with Crippen LogP contribution >= 0.6 is 0 Å². The Morgan fingerprint density at radius 2 is 1.65 bits per heavy atom. The third-order valence-corrected chi connectivity index (χ3v) is 6.58. The number of hydrogen-bond donors (Lipinski definition) is 0. The molecule has 0 aromatic heterocycles. The molecule has 1 heteroatoms. The Morgan fingerprint density at radius 3 is 2.41 bits per heavy atom. The summed E-state index contributed by atoms with van der Waals surface area (Å²) in [6.07, 6.45) is 8.27. The van der Waals surface area contributed by atoms with Crippen LogP contribution in [0.1, 0.15) is 66.2 Å².